The van der Waals surface area contributed by atoms with Crippen molar-refractivity contribution in [2.24, 2.45) is 46.6 Å². The molecule has 0 aromatic carbocycles. The van der Waals surface area contributed by atoms with Crippen LogP contribution in [-0.2, 0) is 0 Å². The largest absolute Gasteiger partial charge is 0.303 e. The topological polar surface area (TPSA) is 173 Å². The summed E-state index contributed by atoms with van der Waals surface area (Å²) in [6, 6.07) is 0. The van der Waals surface area contributed by atoms with E-state index in [9.17, 15) is 0 Å². The molecule has 0 heterocycles. The van der Waals surface area contributed by atoms with Crippen LogP contribution in [-0.4, -0.2) is 1.28 Å². The SMILES string of the molecule is [3H]P(=N/N=N/N)(/N=N/N=N)P=NN=N. The van der Waals surface area contributed by atoms with Gasteiger partial charge in [0.05, 0.1) is 0 Å². The smallest absolute Gasteiger partial charge is 0.183 e. The Hall–Kier alpha value is -1.47. The first-order valence-corrected chi connectivity index (χ1v) is 5.31. The summed E-state index contributed by atoms with van der Waals surface area (Å²) in [5.74, 6) is 4.67. The molecule has 70 valence electrons. The average molecular weight is 223 g/mol. The van der Waals surface area contributed by atoms with Crippen molar-refractivity contribution in [2.75, 3.05) is 0 Å². The van der Waals surface area contributed by atoms with Gasteiger partial charge in [-0.05, 0) is 20.9 Å². The van der Waals surface area contributed by atoms with Crippen LogP contribution in [0.5, 0.6) is 0 Å². The van der Waals surface area contributed by atoms with Crippen LogP contribution >= 0.6 is 15.6 Å². The molecule has 0 rings (SSSR count). The molecule has 0 aromatic rings. The third kappa shape index (κ3) is 6.91. The van der Waals surface area contributed by atoms with Crippen molar-refractivity contribution in [1.82, 2.24) is 0 Å². The highest BCUT2D eigenvalue weighted by Crippen LogP contribution is 2.44. The summed E-state index contributed by atoms with van der Waals surface area (Å²) in [4.78, 5) is 9.76. The van der Waals surface area contributed by atoms with E-state index in [0.29, 0.717) is 0 Å². The van der Waals surface area contributed by atoms with E-state index in [1.165, 1.54) is 0 Å². The molecular formula is H5N11P2. The van der Waals surface area contributed by atoms with Gasteiger partial charge in [-0.25, -0.2) is 0 Å². The van der Waals surface area contributed by atoms with Gasteiger partial charge >= 0.3 is 0 Å². The number of nitrogens with zero attached hydrogens (tertiary/aromatic N) is 8. The molecule has 0 aliphatic rings. The summed E-state index contributed by atoms with van der Waals surface area (Å²) in [5.41, 5.74) is 12.7. The third-order valence-electron chi connectivity index (χ3n) is 0.501. The molecule has 0 bridgehead atoms. The zero-order valence-electron chi connectivity index (χ0n) is 7.05. The van der Waals surface area contributed by atoms with Crippen molar-refractivity contribution in [3.63, 3.8) is 0 Å². The summed E-state index contributed by atoms with van der Waals surface area (Å²) in [7, 11) is -3.18. The molecule has 1 unspecified atom stereocenters. The Morgan fingerprint density at radius 1 is 1.31 bits per heavy atom. The molecule has 0 aliphatic heterocycles. The van der Waals surface area contributed by atoms with E-state index in [1.807, 2.05) is 0 Å². The van der Waals surface area contributed by atoms with Gasteiger partial charge in [0.1, 0.15) is 9.34 Å². The Kier molecular flexibility index (Phi) is 6.38. The minimum Gasteiger partial charge on any atom is -0.303 e. The lowest BCUT2D eigenvalue weighted by atomic mass is 12.6. The minimum atomic E-state index is -3.15. The number of hydrogen-bond acceptors (Lipinski definition) is 3. The van der Waals surface area contributed by atoms with Crippen molar-refractivity contribution in [1.29, 1.82) is 12.3 Å². The van der Waals surface area contributed by atoms with Gasteiger partial charge in [0, 0.05) is 0 Å². The normalized spacial score (nSPS) is 17.4. The lowest BCUT2D eigenvalue weighted by Gasteiger charge is -1.82. The Morgan fingerprint density at radius 2 is 2.08 bits per heavy atom. The van der Waals surface area contributed by atoms with Crippen LogP contribution in [0.1, 0.15) is 0 Å². The zero-order valence-corrected chi connectivity index (χ0v) is 7.84. The highest BCUT2D eigenvalue weighted by molar-refractivity contribution is 8.11. The summed E-state index contributed by atoms with van der Waals surface area (Å²) < 4.78 is 7.51. The first kappa shape index (κ1) is 9.62. The molecule has 11 nitrogen and oxygen atoms in total. The maximum Gasteiger partial charge on any atom is 0.183 e. The quantitative estimate of drug-likeness (QED) is 0.276. The Labute approximate surface area is 75.4 Å². The van der Waals surface area contributed by atoms with Gasteiger partial charge in [0.2, 0.25) is 0 Å². The summed E-state index contributed by atoms with van der Waals surface area (Å²) in [5, 5.41) is 14.0. The molecule has 0 fully saturated rings. The van der Waals surface area contributed by atoms with Crippen LogP contribution < -0.4 is 5.84 Å². The standard InChI is InChI=1S/H5N11P2/c1-4-7-10-13(11-8-5-2)12-9-6-3/h1,3,13H,(H2,2,8)/b4-1?,6-3?,10-7+/i13T. The van der Waals surface area contributed by atoms with Crippen LogP contribution in [0.25, 0.3) is 0 Å². The van der Waals surface area contributed by atoms with Crippen LogP contribution in [0.4, 0.5) is 0 Å². The molecule has 0 spiro atoms. The van der Waals surface area contributed by atoms with Gasteiger partial charge in [0.25, 0.3) is 0 Å². The van der Waals surface area contributed by atoms with Gasteiger partial charge in [-0.3, -0.25) is 0 Å². The summed E-state index contributed by atoms with van der Waals surface area (Å²) >= 11 is 0. The van der Waals surface area contributed by atoms with Crippen molar-refractivity contribution >= 4 is 15.6 Å². The van der Waals surface area contributed by atoms with Gasteiger partial charge < -0.3 is 5.84 Å². The number of rotatable bonds is 5. The molecule has 13 heavy (non-hydrogen) atoms. The molecule has 0 aliphatic carbocycles. The van der Waals surface area contributed by atoms with Crippen LogP contribution in [0, 0.1) is 11.1 Å². The Morgan fingerprint density at radius 3 is 2.62 bits per heavy atom. The maximum absolute atomic E-state index is 7.51. The van der Waals surface area contributed by atoms with Crippen molar-refractivity contribution < 1.29 is 0 Å². The van der Waals surface area contributed by atoms with Crippen LogP contribution in [0.2, 0.25) is 0 Å². The van der Waals surface area contributed by atoms with Crippen molar-refractivity contribution in [2.45, 2.75) is 0 Å². The molecule has 1 atom stereocenters. The molecule has 0 saturated carbocycles. The first-order valence-electron chi connectivity index (χ1n) is 2.95. The van der Waals surface area contributed by atoms with E-state index in [-0.39, 0.29) is 8.06 Å². The van der Waals surface area contributed by atoms with Gasteiger partial charge in [-0.15, -0.1) is 14.6 Å². The van der Waals surface area contributed by atoms with Crippen molar-refractivity contribution in [3.8, 4) is 0 Å². The lowest BCUT2D eigenvalue weighted by Crippen LogP contribution is -1.70. The summed E-state index contributed by atoms with van der Waals surface area (Å²) in [6.07, 6.45) is 0. The number of hydrogen-bond donors (Lipinski definition) is 3. The monoisotopic (exact) mass is 223 g/mol. The van der Waals surface area contributed by atoms with Crippen molar-refractivity contribution in [3.05, 3.63) is 0 Å². The van der Waals surface area contributed by atoms with Crippen LogP contribution in [0.3, 0.4) is 0 Å². The second kappa shape index (κ2) is 8.62. The molecule has 0 saturated heterocycles. The predicted octanol–water partition coefficient (Wildman–Crippen LogP) is 2.93. The highest BCUT2D eigenvalue weighted by Gasteiger charge is 1.88. The average Bonchev–Trinajstić information content (AvgIpc) is 2.21. The van der Waals surface area contributed by atoms with E-state index >= 15 is 0 Å². The van der Waals surface area contributed by atoms with Gasteiger partial charge in [0.15, 0.2) is 7.50 Å². The number of nitrogens with two attached hydrogens (primary N) is 1. The molecule has 4 N–H and O–H groups in total. The van der Waals surface area contributed by atoms with Gasteiger partial charge in [-0.1, -0.05) is 5.22 Å². The maximum atomic E-state index is 7.51. The zero-order chi connectivity index (χ0) is 10.9. The molecule has 0 aromatic heterocycles. The fraction of sp³-hybridized carbons (Fsp3) is 0. The predicted molar refractivity (Wildman–Crippen MR) is 44.3 cm³/mol. The lowest BCUT2D eigenvalue weighted by molar-refractivity contribution is 0.925. The van der Waals surface area contributed by atoms with E-state index in [0.717, 1.165) is 0 Å². The van der Waals surface area contributed by atoms with E-state index in [4.69, 9.17) is 12.3 Å². The third-order valence-corrected chi connectivity index (χ3v) is 2.51. The fourth-order valence-corrected chi connectivity index (χ4v) is 1.44. The van der Waals surface area contributed by atoms with E-state index in [1.54, 1.807) is 0 Å². The Bertz CT molecular complexity index is 300. The second-order valence-corrected chi connectivity index (χ2v) is 3.98. The molecule has 0 amide bonds. The van der Waals surface area contributed by atoms with Gasteiger partial charge in [-0.2, -0.15) is 11.1 Å². The minimum absolute atomic E-state index is 0.0312. The Balaban J connectivity index is 5.02. The number of nitrogens with one attached hydrogen (secondary N) is 2. The molecular weight excluding hydrogens is 216 g/mol. The first-order chi connectivity index (χ1) is 6.68. The fourth-order valence-electron chi connectivity index (χ4n) is 0.224. The van der Waals surface area contributed by atoms with E-state index in [2.05, 4.69) is 46.6 Å². The van der Waals surface area contributed by atoms with E-state index < -0.39 is 7.50 Å². The summed E-state index contributed by atoms with van der Waals surface area (Å²) in [6.45, 7) is 0. The molecule has 0 radical (unpaired) electrons. The molecule has 13 heteroatoms. The van der Waals surface area contributed by atoms with Crippen LogP contribution in [0.15, 0.2) is 40.7 Å². The highest BCUT2D eigenvalue weighted by atomic mass is 32.0. The second-order valence-electron chi connectivity index (χ2n) is 1.12.